The SMILES string of the molecule is CCCN1CCN(c2ncnc3scc([C@H]4COc5ccccc5O4)c23)CC1. The summed E-state index contributed by atoms with van der Waals surface area (Å²) in [6.45, 7) is 8.05. The first-order valence-corrected chi connectivity index (χ1v) is 10.8. The lowest BCUT2D eigenvalue weighted by atomic mass is 10.1. The molecular weight excluding hydrogens is 372 g/mol. The molecule has 0 amide bonds. The summed E-state index contributed by atoms with van der Waals surface area (Å²) in [5, 5.41) is 3.27. The van der Waals surface area contributed by atoms with Gasteiger partial charge in [-0.15, -0.1) is 11.3 Å². The molecule has 28 heavy (non-hydrogen) atoms. The second-order valence-corrected chi connectivity index (χ2v) is 8.12. The summed E-state index contributed by atoms with van der Waals surface area (Å²) in [6.07, 6.45) is 2.74. The largest absolute Gasteiger partial charge is 0.485 e. The van der Waals surface area contributed by atoms with Gasteiger partial charge in [0, 0.05) is 37.1 Å². The van der Waals surface area contributed by atoms with Gasteiger partial charge in [0.2, 0.25) is 0 Å². The summed E-state index contributed by atoms with van der Waals surface area (Å²) in [5.41, 5.74) is 1.13. The van der Waals surface area contributed by atoms with Crippen molar-refractivity contribution in [3.05, 3.63) is 41.5 Å². The van der Waals surface area contributed by atoms with Crippen molar-refractivity contribution in [1.29, 1.82) is 0 Å². The minimum atomic E-state index is -0.144. The van der Waals surface area contributed by atoms with Crippen LogP contribution in [0.25, 0.3) is 10.2 Å². The van der Waals surface area contributed by atoms with Gasteiger partial charge in [0.15, 0.2) is 17.6 Å². The fourth-order valence-corrected chi connectivity index (χ4v) is 4.97. The highest BCUT2D eigenvalue weighted by atomic mass is 32.1. The van der Waals surface area contributed by atoms with Gasteiger partial charge >= 0.3 is 0 Å². The van der Waals surface area contributed by atoms with E-state index in [-0.39, 0.29) is 6.10 Å². The second-order valence-electron chi connectivity index (χ2n) is 7.26. The average molecular weight is 397 g/mol. The lowest BCUT2D eigenvalue weighted by Gasteiger charge is -2.35. The van der Waals surface area contributed by atoms with Gasteiger partial charge in [-0.2, -0.15) is 0 Å². The van der Waals surface area contributed by atoms with Crippen LogP contribution in [0.4, 0.5) is 5.82 Å². The van der Waals surface area contributed by atoms with Gasteiger partial charge in [-0.3, -0.25) is 4.90 Å². The van der Waals surface area contributed by atoms with Gasteiger partial charge in [0.05, 0.1) is 5.39 Å². The molecule has 0 N–H and O–H groups in total. The highest BCUT2D eigenvalue weighted by Gasteiger charge is 2.28. The molecule has 5 rings (SSSR count). The zero-order valence-corrected chi connectivity index (χ0v) is 16.8. The second kappa shape index (κ2) is 7.56. The van der Waals surface area contributed by atoms with Gasteiger partial charge in [-0.25, -0.2) is 9.97 Å². The number of ether oxygens (including phenoxy) is 2. The Morgan fingerprint density at radius 2 is 1.93 bits per heavy atom. The number of piperazine rings is 1. The fourth-order valence-electron chi connectivity index (χ4n) is 4.03. The minimum Gasteiger partial charge on any atom is -0.485 e. The van der Waals surface area contributed by atoms with Crippen molar-refractivity contribution in [3.8, 4) is 11.5 Å². The number of hydrogen-bond acceptors (Lipinski definition) is 7. The Kier molecular flexibility index (Phi) is 4.78. The van der Waals surface area contributed by atoms with E-state index < -0.39 is 0 Å². The number of fused-ring (bicyclic) bond motifs is 2. The smallest absolute Gasteiger partial charge is 0.162 e. The monoisotopic (exact) mass is 396 g/mol. The van der Waals surface area contributed by atoms with Crippen LogP contribution in [0.3, 0.4) is 0 Å². The van der Waals surface area contributed by atoms with Gasteiger partial charge in [-0.05, 0) is 25.1 Å². The molecule has 0 radical (unpaired) electrons. The summed E-state index contributed by atoms with van der Waals surface area (Å²) in [5.74, 6) is 2.63. The number of aromatic nitrogens is 2. The van der Waals surface area contributed by atoms with Crippen LogP contribution in [0.2, 0.25) is 0 Å². The first-order chi connectivity index (χ1) is 13.8. The molecule has 0 spiro atoms. The summed E-state index contributed by atoms with van der Waals surface area (Å²) >= 11 is 1.65. The third-order valence-corrected chi connectivity index (χ3v) is 6.35. The van der Waals surface area contributed by atoms with Crippen molar-refractivity contribution >= 4 is 27.4 Å². The molecule has 1 saturated heterocycles. The Morgan fingerprint density at radius 1 is 1.11 bits per heavy atom. The molecule has 146 valence electrons. The van der Waals surface area contributed by atoms with Crippen LogP contribution in [0.5, 0.6) is 11.5 Å². The van der Waals surface area contributed by atoms with Gasteiger partial charge in [0.1, 0.15) is 23.6 Å². The number of nitrogens with zero attached hydrogens (tertiary/aromatic N) is 4. The van der Waals surface area contributed by atoms with E-state index in [1.807, 2.05) is 24.3 Å². The van der Waals surface area contributed by atoms with E-state index in [1.54, 1.807) is 17.7 Å². The number of thiophene rings is 1. The predicted octanol–water partition coefficient (Wildman–Crippen LogP) is 3.74. The van der Waals surface area contributed by atoms with Crippen LogP contribution >= 0.6 is 11.3 Å². The van der Waals surface area contributed by atoms with E-state index in [9.17, 15) is 0 Å². The van der Waals surface area contributed by atoms with Crippen molar-refractivity contribution < 1.29 is 9.47 Å². The van der Waals surface area contributed by atoms with Gasteiger partial charge in [0.25, 0.3) is 0 Å². The summed E-state index contributed by atoms with van der Waals surface area (Å²) in [6, 6.07) is 7.84. The van der Waals surface area contributed by atoms with E-state index in [0.717, 1.165) is 59.3 Å². The standard InChI is InChI=1S/C21H24N4O2S/c1-2-7-24-8-10-25(11-9-24)20-19-15(13-28-21(19)23-14-22-20)18-12-26-16-5-3-4-6-17(16)27-18/h3-6,13-14,18H,2,7-12H2,1H3/t18-/m1/s1. The molecule has 2 aromatic heterocycles. The minimum absolute atomic E-state index is 0.144. The van der Waals surface area contributed by atoms with Crippen molar-refractivity contribution in [2.24, 2.45) is 0 Å². The zero-order valence-electron chi connectivity index (χ0n) is 16.0. The van der Waals surface area contributed by atoms with E-state index >= 15 is 0 Å². The van der Waals surface area contributed by atoms with E-state index in [1.165, 1.54) is 13.0 Å². The highest BCUT2D eigenvalue weighted by molar-refractivity contribution is 7.17. The number of hydrogen-bond donors (Lipinski definition) is 0. The molecule has 1 atom stereocenters. The fraction of sp³-hybridized carbons (Fsp3) is 0.429. The van der Waals surface area contributed by atoms with E-state index in [0.29, 0.717) is 6.61 Å². The molecule has 7 heteroatoms. The Balaban J connectivity index is 1.45. The number of para-hydroxylation sites is 2. The molecule has 1 aromatic carbocycles. The molecule has 1 fully saturated rings. The zero-order chi connectivity index (χ0) is 18.9. The summed E-state index contributed by atoms with van der Waals surface area (Å²) < 4.78 is 12.2. The van der Waals surface area contributed by atoms with Crippen molar-refractivity contribution in [3.63, 3.8) is 0 Å². The molecule has 0 aliphatic carbocycles. The maximum Gasteiger partial charge on any atom is 0.162 e. The molecule has 2 aliphatic rings. The quantitative estimate of drug-likeness (QED) is 0.670. The van der Waals surface area contributed by atoms with Gasteiger partial charge in [-0.1, -0.05) is 19.1 Å². The number of benzene rings is 1. The van der Waals surface area contributed by atoms with Crippen LogP contribution in [-0.4, -0.2) is 54.2 Å². The third kappa shape index (κ3) is 3.18. The summed E-state index contributed by atoms with van der Waals surface area (Å²) in [4.78, 5) is 15.1. The number of rotatable bonds is 4. The van der Waals surface area contributed by atoms with Crippen LogP contribution in [0, 0.1) is 0 Å². The Hall–Kier alpha value is -2.38. The van der Waals surface area contributed by atoms with E-state index in [4.69, 9.17) is 9.47 Å². The van der Waals surface area contributed by atoms with Crippen molar-refractivity contribution in [2.45, 2.75) is 19.4 Å². The first-order valence-electron chi connectivity index (χ1n) is 9.91. The molecule has 2 aliphatic heterocycles. The number of anilines is 1. The molecule has 0 unspecified atom stereocenters. The lowest BCUT2D eigenvalue weighted by molar-refractivity contribution is 0.0925. The molecular formula is C21H24N4O2S. The van der Waals surface area contributed by atoms with Crippen LogP contribution < -0.4 is 14.4 Å². The summed E-state index contributed by atoms with van der Waals surface area (Å²) in [7, 11) is 0. The molecule has 0 bridgehead atoms. The molecule has 0 saturated carbocycles. The lowest BCUT2D eigenvalue weighted by Crippen LogP contribution is -2.46. The predicted molar refractivity (Wildman–Crippen MR) is 112 cm³/mol. The van der Waals surface area contributed by atoms with Crippen LogP contribution in [-0.2, 0) is 0 Å². The molecule has 6 nitrogen and oxygen atoms in total. The Morgan fingerprint density at radius 3 is 2.75 bits per heavy atom. The average Bonchev–Trinajstić information content (AvgIpc) is 3.19. The Bertz CT molecular complexity index is 968. The van der Waals surface area contributed by atoms with Crippen LogP contribution in [0.1, 0.15) is 25.0 Å². The Labute approximate surface area is 168 Å². The van der Waals surface area contributed by atoms with Gasteiger partial charge < -0.3 is 14.4 Å². The normalized spacial score (nSPS) is 19.9. The van der Waals surface area contributed by atoms with Crippen molar-refractivity contribution in [2.75, 3.05) is 44.2 Å². The maximum atomic E-state index is 6.28. The maximum absolute atomic E-state index is 6.28. The third-order valence-electron chi connectivity index (χ3n) is 5.45. The highest BCUT2D eigenvalue weighted by Crippen LogP contribution is 2.41. The molecule has 4 heterocycles. The van der Waals surface area contributed by atoms with Crippen LogP contribution in [0.15, 0.2) is 36.0 Å². The molecule has 3 aromatic rings. The van der Waals surface area contributed by atoms with Crippen molar-refractivity contribution in [1.82, 2.24) is 14.9 Å². The first kappa shape index (κ1) is 17.7. The topological polar surface area (TPSA) is 50.7 Å². The van der Waals surface area contributed by atoms with E-state index in [2.05, 4.69) is 32.1 Å².